The molecular formula is C20H20BrFN2O4S. The molecule has 0 spiro atoms. The predicted molar refractivity (Wildman–Crippen MR) is 112 cm³/mol. The van der Waals surface area contributed by atoms with E-state index in [1.807, 2.05) is 0 Å². The number of rotatable bonds is 5. The fourth-order valence-corrected chi connectivity index (χ4v) is 4.86. The molecule has 9 heteroatoms. The molecule has 0 saturated carbocycles. The van der Waals surface area contributed by atoms with Crippen LogP contribution in [0.1, 0.15) is 25.3 Å². The Morgan fingerprint density at radius 1 is 1.21 bits per heavy atom. The molecule has 0 aliphatic carbocycles. The van der Waals surface area contributed by atoms with Gasteiger partial charge in [-0.25, -0.2) is 12.8 Å². The molecule has 1 aliphatic rings. The van der Waals surface area contributed by atoms with Gasteiger partial charge in [0.2, 0.25) is 11.8 Å². The molecule has 29 heavy (non-hydrogen) atoms. The topological polar surface area (TPSA) is 83.6 Å². The highest BCUT2D eigenvalue weighted by molar-refractivity contribution is 9.10. The summed E-state index contributed by atoms with van der Waals surface area (Å²) in [5.74, 6) is -1.68. The van der Waals surface area contributed by atoms with E-state index >= 15 is 0 Å². The van der Waals surface area contributed by atoms with Crippen LogP contribution in [0.3, 0.4) is 0 Å². The summed E-state index contributed by atoms with van der Waals surface area (Å²) in [6.45, 7) is 2.09. The highest BCUT2D eigenvalue weighted by atomic mass is 79.9. The van der Waals surface area contributed by atoms with Crippen molar-refractivity contribution in [1.29, 1.82) is 0 Å². The predicted octanol–water partition coefficient (Wildman–Crippen LogP) is 3.69. The monoisotopic (exact) mass is 482 g/mol. The van der Waals surface area contributed by atoms with Crippen LogP contribution in [0.25, 0.3) is 0 Å². The molecule has 0 radical (unpaired) electrons. The summed E-state index contributed by atoms with van der Waals surface area (Å²) in [6.07, 6.45) is 1.15. The molecule has 0 atom stereocenters. The van der Waals surface area contributed by atoms with Gasteiger partial charge in [-0.2, -0.15) is 0 Å². The molecule has 1 heterocycles. The van der Waals surface area contributed by atoms with Gasteiger partial charge in [-0.15, -0.1) is 0 Å². The lowest BCUT2D eigenvalue weighted by molar-refractivity contribution is -0.117. The summed E-state index contributed by atoms with van der Waals surface area (Å²) in [5, 5.41) is 2.39. The Balaban J connectivity index is 1.69. The number of sulfone groups is 1. The summed E-state index contributed by atoms with van der Waals surface area (Å²) < 4.78 is 39.7. The minimum Gasteiger partial charge on any atom is -0.324 e. The Labute approximate surface area is 177 Å². The number of nitrogens with one attached hydrogen (secondary N) is 1. The standard InChI is InChI=1S/C20H20BrFN2O4S/c1-13(25)24-9-2-3-14-11-16(5-7-19(14)24)29(27,28)10-8-20(26)23-18-6-4-15(21)12-17(18)22/h4-7,11-12H,2-3,8-10H2,1H3,(H,23,26). The van der Waals surface area contributed by atoms with Crippen LogP contribution in [0.5, 0.6) is 0 Å². The van der Waals surface area contributed by atoms with E-state index in [2.05, 4.69) is 21.2 Å². The highest BCUT2D eigenvalue weighted by Crippen LogP contribution is 2.30. The van der Waals surface area contributed by atoms with Crippen LogP contribution in [0.4, 0.5) is 15.8 Å². The zero-order valence-corrected chi connectivity index (χ0v) is 18.1. The van der Waals surface area contributed by atoms with Crippen molar-refractivity contribution in [3.63, 3.8) is 0 Å². The quantitative estimate of drug-likeness (QED) is 0.704. The first-order valence-electron chi connectivity index (χ1n) is 9.06. The average Bonchev–Trinajstić information content (AvgIpc) is 2.67. The Morgan fingerprint density at radius 2 is 1.97 bits per heavy atom. The molecule has 2 aromatic rings. The van der Waals surface area contributed by atoms with E-state index in [1.165, 1.54) is 25.1 Å². The maximum Gasteiger partial charge on any atom is 0.225 e. The van der Waals surface area contributed by atoms with Crippen molar-refractivity contribution < 1.29 is 22.4 Å². The van der Waals surface area contributed by atoms with Gasteiger partial charge in [0.05, 0.1) is 16.3 Å². The first-order valence-corrected chi connectivity index (χ1v) is 11.5. The number of benzene rings is 2. The molecule has 3 rings (SSSR count). The Bertz CT molecular complexity index is 1070. The highest BCUT2D eigenvalue weighted by Gasteiger charge is 2.23. The molecular weight excluding hydrogens is 463 g/mol. The van der Waals surface area contributed by atoms with Crippen molar-refractivity contribution in [1.82, 2.24) is 0 Å². The number of fused-ring (bicyclic) bond motifs is 1. The van der Waals surface area contributed by atoms with Gasteiger partial charge < -0.3 is 10.2 Å². The van der Waals surface area contributed by atoms with Gasteiger partial charge in [-0.1, -0.05) is 15.9 Å². The fraction of sp³-hybridized carbons (Fsp3) is 0.300. The van der Waals surface area contributed by atoms with Gasteiger partial charge in [0.1, 0.15) is 5.82 Å². The van der Waals surface area contributed by atoms with Crippen molar-refractivity contribution in [2.24, 2.45) is 0 Å². The molecule has 0 saturated heterocycles. The van der Waals surface area contributed by atoms with Gasteiger partial charge in [-0.05, 0) is 54.8 Å². The molecule has 1 aliphatic heterocycles. The third-order valence-electron chi connectivity index (χ3n) is 4.71. The number of nitrogens with zero attached hydrogens (tertiary/aromatic N) is 1. The minimum atomic E-state index is -3.70. The largest absolute Gasteiger partial charge is 0.324 e. The van der Waals surface area contributed by atoms with Crippen LogP contribution < -0.4 is 10.2 Å². The van der Waals surface area contributed by atoms with Gasteiger partial charge in [0.15, 0.2) is 9.84 Å². The smallest absolute Gasteiger partial charge is 0.225 e. The lowest BCUT2D eigenvalue weighted by Crippen LogP contribution is -2.33. The molecule has 0 aromatic heterocycles. The zero-order chi connectivity index (χ0) is 21.2. The van der Waals surface area contributed by atoms with Crippen LogP contribution in [0.15, 0.2) is 45.8 Å². The number of aryl methyl sites for hydroxylation is 1. The van der Waals surface area contributed by atoms with Crippen molar-refractivity contribution in [2.45, 2.75) is 31.1 Å². The normalized spacial score (nSPS) is 13.7. The number of hydrogen-bond acceptors (Lipinski definition) is 4. The maximum absolute atomic E-state index is 13.8. The summed E-state index contributed by atoms with van der Waals surface area (Å²) in [6, 6.07) is 8.86. The van der Waals surface area contributed by atoms with E-state index in [0.717, 1.165) is 17.7 Å². The summed E-state index contributed by atoms with van der Waals surface area (Å²) in [4.78, 5) is 25.6. The van der Waals surface area contributed by atoms with E-state index in [9.17, 15) is 22.4 Å². The van der Waals surface area contributed by atoms with Crippen molar-refractivity contribution in [2.75, 3.05) is 22.5 Å². The Morgan fingerprint density at radius 3 is 2.66 bits per heavy atom. The molecule has 0 bridgehead atoms. The van der Waals surface area contributed by atoms with Gasteiger partial charge >= 0.3 is 0 Å². The third kappa shape index (κ3) is 5.02. The van der Waals surface area contributed by atoms with E-state index in [-0.39, 0.29) is 22.9 Å². The summed E-state index contributed by atoms with van der Waals surface area (Å²) in [7, 11) is -3.70. The number of hydrogen-bond donors (Lipinski definition) is 1. The summed E-state index contributed by atoms with van der Waals surface area (Å²) in [5.41, 5.74) is 1.52. The van der Waals surface area contributed by atoms with Crippen LogP contribution >= 0.6 is 15.9 Å². The number of carbonyl (C=O) groups excluding carboxylic acids is 2. The van der Waals surface area contributed by atoms with Crippen molar-refractivity contribution in [3.8, 4) is 0 Å². The number of carbonyl (C=O) groups is 2. The van der Waals surface area contributed by atoms with Crippen LogP contribution in [0.2, 0.25) is 0 Å². The van der Waals surface area contributed by atoms with Crippen LogP contribution in [-0.2, 0) is 25.8 Å². The first kappa shape index (κ1) is 21.4. The SMILES string of the molecule is CC(=O)N1CCCc2cc(S(=O)(=O)CCC(=O)Nc3ccc(Br)cc3F)ccc21. The number of amides is 2. The molecule has 2 amide bonds. The average molecular weight is 483 g/mol. The van der Waals surface area contributed by atoms with Crippen molar-refractivity contribution in [3.05, 3.63) is 52.3 Å². The molecule has 6 nitrogen and oxygen atoms in total. The van der Waals surface area contributed by atoms with E-state index in [4.69, 9.17) is 0 Å². The fourth-order valence-electron chi connectivity index (χ4n) is 3.24. The first-order chi connectivity index (χ1) is 13.7. The number of halogens is 2. The summed E-state index contributed by atoms with van der Waals surface area (Å²) >= 11 is 3.13. The molecule has 0 fully saturated rings. The molecule has 0 unspecified atom stereocenters. The second kappa shape index (κ2) is 8.62. The third-order valence-corrected chi connectivity index (χ3v) is 6.92. The van der Waals surface area contributed by atoms with E-state index in [1.54, 1.807) is 23.1 Å². The molecule has 154 valence electrons. The minimum absolute atomic E-state index is 0.00583. The van der Waals surface area contributed by atoms with Crippen molar-refractivity contribution >= 4 is 49.0 Å². The van der Waals surface area contributed by atoms with Gasteiger partial charge in [-0.3, -0.25) is 9.59 Å². The van der Waals surface area contributed by atoms with Gasteiger partial charge in [0, 0.05) is 30.0 Å². The van der Waals surface area contributed by atoms with Crippen LogP contribution in [0, 0.1) is 5.82 Å². The van der Waals surface area contributed by atoms with E-state index in [0.29, 0.717) is 17.4 Å². The molecule has 2 aromatic carbocycles. The zero-order valence-electron chi connectivity index (χ0n) is 15.7. The number of anilines is 2. The molecule has 1 N–H and O–H groups in total. The Kier molecular flexibility index (Phi) is 6.38. The van der Waals surface area contributed by atoms with Crippen LogP contribution in [-0.4, -0.2) is 32.5 Å². The lowest BCUT2D eigenvalue weighted by atomic mass is 10.0. The second-order valence-corrected chi connectivity index (χ2v) is 9.83. The lowest BCUT2D eigenvalue weighted by Gasteiger charge is -2.28. The second-order valence-electron chi connectivity index (χ2n) is 6.81. The maximum atomic E-state index is 13.8. The van der Waals surface area contributed by atoms with E-state index < -0.39 is 27.3 Å². The Hall–Kier alpha value is -2.26. The van der Waals surface area contributed by atoms with Gasteiger partial charge in [0.25, 0.3) is 0 Å².